The minimum absolute atomic E-state index is 0.0111. The number of rotatable bonds is 5. The molecule has 20 heavy (non-hydrogen) atoms. The molecule has 108 valence electrons. The van der Waals surface area contributed by atoms with Gasteiger partial charge in [0, 0.05) is 24.6 Å². The van der Waals surface area contributed by atoms with Crippen molar-refractivity contribution in [2.45, 2.75) is 26.3 Å². The fraction of sp³-hybridized carbons (Fsp3) is 0.385. The molecule has 0 aliphatic rings. The van der Waals surface area contributed by atoms with E-state index >= 15 is 0 Å². The maximum atomic E-state index is 13.1. The Morgan fingerprint density at radius 1 is 1.15 bits per heavy atom. The van der Waals surface area contributed by atoms with Crippen LogP contribution >= 0.6 is 0 Å². The molecule has 0 amide bonds. The topological polar surface area (TPSA) is 51.0 Å². The molecule has 4 nitrogen and oxygen atoms in total. The molecule has 1 aromatic heterocycles. The van der Waals surface area contributed by atoms with Gasteiger partial charge in [-0.25, -0.2) is 13.2 Å². The van der Waals surface area contributed by atoms with Crippen molar-refractivity contribution < 1.29 is 17.6 Å². The van der Waals surface area contributed by atoms with E-state index in [2.05, 4.69) is 15.5 Å². The van der Waals surface area contributed by atoms with E-state index in [4.69, 9.17) is 4.42 Å². The van der Waals surface area contributed by atoms with Crippen LogP contribution < -0.4 is 5.32 Å². The van der Waals surface area contributed by atoms with E-state index in [0.29, 0.717) is 24.9 Å². The van der Waals surface area contributed by atoms with Crippen LogP contribution in [-0.2, 0) is 6.42 Å². The van der Waals surface area contributed by atoms with Crippen molar-refractivity contribution in [1.29, 1.82) is 0 Å². The third kappa shape index (κ3) is 3.36. The van der Waals surface area contributed by atoms with Gasteiger partial charge in [-0.05, 0) is 12.1 Å². The lowest BCUT2D eigenvalue weighted by Crippen LogP contribution is -2.25. The van der Waals surface area contributed by atoms with Crippen LogP contribution in [0, 0.1) is 17.5 Å². The lowest BCUT2D eigenvalue weighted by molar-refractivity contribution is 0.445. The van der Waals surface area contributed by atoms with E-state index in [1.165, 1.54) is 0 Å². The molecule has 1 N–H and O–H groups in total. The van der Waals surface area contributed by atoms with Gasteiger partial charge in [-0.1, -0.05) is 13.8 Å². The lowest BCUT2D eigenvalue weighted by Gasteiger charge is -2.04. The van der Waals surface area contributed by atoms with Gasteiger partial charge in [0.2, 0.25) is 11.8 Å². The Balaban J connectivity index is 2.12. The lowest BCUT2D eigenvalue weighted by atomic mass is 10.2. The summed E-state index contributed by atoms with van der Waals surface area (Å²) in [6.07, 6.45) is 0.497. The molecule has 0 bridgehead atoms. The molecule has 1 aromatic carbocycles. The summed E-state index contributed by atoms with van der Waals surface area (Å²) < 4.78 is 44.4. The molecule has 0 fully saturated rings. The van der Waals surface area contributed by atoms with E-state index in [1.807, 2.05) is 13.8 Å². The summed E-state index contributed by atoms with van der Waals surface area (Å²) in [6.45, 7) is 4.65. The Morgan fingerprint density at radius 3 is 2.40 bits per heavy atom. The van der Waals surface area contributed by atoms with E-state index in [1.54, 1.807) is 0 Å². The van der Waals surface area contributed by atoms with Crippen LogP contribution in [0.3, 0.4) is 0 Å². The van der Waals surface area contributed by atoms with Crippen molar-refractivity contribution in [3.05, 3.63) is 35.5 Å². The van der Waals surface area contributed by atoms with Crippen molar-refractivity contribution in [2.75, 3.05) is 6.54 Å². The molecule has 2 aromatic rings. The highest BCUT2D eigenvalue weighted by Gasteiger charge is 2.15. The Labute approximate surface area is 114 Å². The van der Waals surface area contributed by atoms with E-state index in [-0.39, 0.29) is 11.5 Å². The van der Waals surface area contributed by atoms with Gasteiger partial charge in [-0.3, -0.25) is 0 Å². The van der Waals surface area contributed by atoms with Gasteiger partial charge >= 0.3 is 0 Å². The average molecular weight is 285 g/mol. The largest absolute Gasteiger partial charge is 0.421 e. The summed E-state index contributed by atoms with van der Waals surface area (Å²) in [6, 6.07) is 1.97. The maximum Gasteiger partial charge on any atom is 0.247 e. The van der Waals surface area contributed by atoms with Crippen LogP contribution in [0.15, 0.2) is 16.5 Å². The standard InChI is InChI=1S/C13H14F3N3O/c1-7(2)17-4-3-11-18-19-13(20-11)8-5-9(14)12(16)10(15)6-8/h5-7,17H,3-4H2,1-2H3. The first-order chi connectivity index (χ1) is 9.47. The molecule has 0 atom stereocenters. The van der Waals surface area contributed by atoms with Crippen molar-refractivity contribution in [3.8, 4) is 11.5 Å². The van der Waals surface area contributed by atoms with Crippen molar-refractivity contribution in [2.24, 2.45) is 0 Å². The van der Waals surface area contributed by atoms with E-state index in [9.17, 15) is 13.2 Å². The minimum Gasteiger partial charge on any atom is -0.421 e. The first-order valence-corrected chi connectivity index (χ1v) is 6.18. The molecule has 0 unspecified atom stereocenters. The molecular weight excluding hydrogens is 271 g/mol. The Hall–Kier alpha value is -1.89. The summed E-state index contributed by atoms with van der Waals surface area (Å²) in [7, 11) is 0. The first kappa shape index (κ1) is 14.5. The average Bonchev–Trinajstić information content (AvgIpc) is 2.83. The van der Waals surface area contributed by atoms with Gasteiger partial charge in [0.1, 0.15) is 0 Å². The van der Waals surface area contributed by atoms with Crippen LogP contribution in [0.5, 0.6) is 0 Å². The zero-order chi connectivity index (χ0) is 14.7. The van der Waals surface area contributed by atoms with Crippen LogP contribution in [0.2, 0.25) is 0 Å². The Bertz CT molecular complexity index is 575. The van der Waals surface area contributed by atoms with Crippen molar-refractivity contribution in [3.63, 3.8) is 0 Å². The fourth-order valence-corrected chi connectivity index (χ4v) is 1.62. The van der Waals surface area contributed by atoms with E-state index in [0.717, 1.165) is 12.1 Å². The molecule has 0 saturated heterocycles. The number of benzene rings is 1. The van der Waals surface area contributed by atoms with Gasteiger partial charge in [0.25, 0.3) is 0 Å². The van der Waals surface area contributed by atoms with Gasteiger partial charge < -0.3 is 9.73 Å². The molecule has 0 aliphatic heterocycles. The highest BCUT2D eigenvalue weighted by molar-refractivity contribution is 5.52. The zero-order valence-corrected chi connectivity index (χ0v) is 11.1. The molecule has 0 aliphatic carbocycles. The monoisotopic (exact) mass is 285 g/mol. The summed E-state index contributed by atoms with van der Waals surface area (Å²) in [5.41, 5.74) is 0.0111. The Kier molecular flexibility index (Phi) is 4.39. The minimum atomic E-state index is -1.52. The fourth-order valence-electron chi connectivity index (χ4n) is 1.62. The maximum absolute atomic E-state index is 13.1. The number of halogens is 3. The molecule has 0 radical (unpaired) electrons. The van der Waals surface area contributed by atoms with Gasteiger partial charge in [0.05, 0.1) is 0 Å². The second-order valence-corrected chi connectivity index (χ2v) is 4.61. The van der Waals surface area contributed by atoms with Gasteiger partial charge in [-0.15, -0.1) is 10.2 Å². The zero-order valence-electron chi connectivity index (χ0n) is 11.1. The van der Waals surface area contributed by atoms with E-state index < -0.39 is 17.5 Å². The normalized spacial score (nSPS) is 11.3. The van der Waals surface area contributed by atoms with Crippen molar-refractivity contribution >= 4 is 0 Å². The summed E-state index contributed by atoms with van der Waals surface area (Å²) in [5, 5.41) is 10.6. The second kappa shape index (κ2) is 6.04. The number of nitrogens with one attached hydrogen (secondary N) is 1. The third-order valence-corrected chi connectivity index (χ3v) is 2.59. The molecule has 1 heterocycles. The van der Waals surface area contributed by atoms with Crippen LogP contribution in [0.4, 0.5) is 13.2 Å². The number of aromatic nitrogens is 2. The Morgan fingerprint density at radius 2 is 1.80 bits per heavy atom. The van der Waals surface area contributed by atoms with Crippen LogP contribution in [-0.4, -0.2) is 22.8 Å². The highest BCUT2D eigenvalue weighted by Crippen LogP contribution is 2.22. The smallest absolute Gasteiger partial charge is 0.247 e. The van der Waals surface area contributed by atoms with Crippen LogP contribution in [0.25, 0.3) is 11.5 Å². The second-order valence-electron chi connectivity index (χ2n) is 4.61. The quantitative estimate of drug-likeness (QED) is 0.858. The molecule has 2 rings (SSSR count). The summed E-state index contributed by atoms with van der Waals surface area (Å²) in [5.74, 6) is -3.79. The van der Waals surface area contributed by atoms with Crippen LogP contribution in [0.1, 0.15) is 19.7 Å². The number of hydrogen-bond donors (Lipinski definition) is 1. The number of nitrogens with zero attached hydrogens (tertiary/aromatic N) is 2. The van der Waals surface area contributed by atoms with Gasteiger partial charge in [0.15, 0.2) is 17.5 Å². The highest BCUT2D eigenvalue weighted by atomic mass is 19.2. The summed E-state index contributed by atoms with van der Waals surface area (Å²) in [4.78, 5) is 0. The summed E-state index contributed by atoms with van der Waals surface area (Å²) >= 11 is 0. The number of hydrogen-bond acceptors (Lipinski definition) is 4. The van der Waals surface area contributed by atoms with Crippen molar-refractivity contribution in [1.82, 2.24) is 15.5 Å². The molecule has 7 heteroatoms. The third-order valence-electron chi connectivity index (χ3n) is 2.59. The molecule has 0 spiro atoms. The molecular formula is C13H14F3N3O. The first-order valence-electron chi connectivity index (χ1n) is 6.18. The SMILES string of the molecule is CC(C)NCCc1nnc(-c2cc(F)c(F)c(F)c2)o1. The predicted molar refractivity (Wildman–Crippen MR) is 66.5 cm³/mol. The molecule has 0 saturated carbocycles. The van der Waals surface area contributed by atoms with Gasteiger partial charge in [-0.2, -0.15) is 0 Å². The predicted octanol–water partition coefficient (Wildman–Crippen LogP) is 2.69.